The molecule has 4 nitrogen and oxygen atoms in total. The molecular weight excluding hydrogens is 228 g/mol. The maximum atomic E-state index is 11.7. The average Bonchev–Trinajstić information content (AvgIpc) is 2.93. The summed E-state index contributed by atoms with van der Waals surface area (Å²) in [5, 5.41) is 3.98. The molecule has 0 aliphatic heterocycles. The van der Waals surface area contributed by atoms with E-state index in [1.165, 1.54) is 0 Å². The topological polar surface area (TPSA) is 50.7 Å². The molecule has 1 aromatic carbocycles. The lowest BCUT2D eigenvalue weighted by atomic mass is 10.1. The lowest BCUT2D eigenvalue weighted by Crippen LogP contribution is -2.24. The second-order valence-electron chi connectivity index (χ2n) is 4.49. The van der Waals surface area contributed by atoms with Crippen molar-refractivity contribution in [3.8, 4) is 5.75 Å². The van der Waals surface area contributed by atoms with Crippen LogP contribution in [0.5, 0.6) is 5.75 Å². The van der Waals surface area contributed by atoms with Crippen LogP contribution in [-0.4, -0.2) is 19.2 Å². The molecule has 1 aliphatic carbocycles. The third kappa shape index (κ3) is 3.32. The average molecular weight is 246 g/mol. The van der Waals surface area contributed by atoms with E-state index in [9.17, 15) is 4.79 Å². The number of hydrogen-bond acceptors (Lipinski definition) is 3. The Balaban J connectivity index is 1.84. The zero-order valence-corrected chi connectivity index (χ0v) is 10.6. The van der Waals surface area contributed by atoms with Gasteiger partial charge in [-0.15, -0.1) is 0 Å². The number of carbonyl (C=O) groups is 1. The summed E-state index contributed by atoms with van der Waals surface area (Å²) in [6.45, 7) is 0. The molecule has 2 rings (SSSR count). The Hall–Kier alpha value is -1.84. The molecule has 1 fully saturated rings. The number of benzene rings is 1. The number of nitrogens with one attached hydrogen (secondary N) is 1. The number of ether oxygens (including phenoxy) is 1. The zero-order valence-electron chi connectivity index (χ0n) is 10.6. The van der Waals surface area contributed by atoms with Crippen molar-refractivity contribution in [1.29, 1.82) is 0 Å². The lowest BCUT2D eigenvalue weighted by molar-refractivity contribution is -0.124. The molecule has 0 unspecified atom stereocenters. The summed E-state index contributed by atoms with van der Waals surface area (Å²) in [5.41, 5.74) is 3.53. The second kappa shape index (κ2) is 6.19. The number of rotatable bonds is 4. The van der Waals surface area contributed by atoms with Gasteiger partial charge in [0.1, 0.15) is 5.75 Å². The van der Waals surface area contributed by atoms with Gasteiger partial charge in [-0.1, -0.05) is 12.8 Å². The summed E-state index contributed by atoms with van der Waals surface area (Å²) in [6.07, 6.45) is 5.93. The van der Waals surface area contributed by atoms with Gasteiger partial charge in [-0.3, -0.25) is 4.79 Å². The molecule has 1 amide bonds. The van der Waals surface area contributed by atoms with E-state index in [4.69, 9.17) is 4.74 Å². The Bertz CT molecular complexity index is 420. The van der Waals surface area contributed by atoms with Gasteiger partial charge in [-0.2, -0.15) is 5.10 Å². The fourth-order valence-corrected chi connectivity index (χ4v) is 2.14. The number of carbonyl (C=O) groups excluding carboxylic acids is 1. The molecule has 0 heterocycles. The van der Waals surface area contributed by atoms with E-state index in [1.54, 1.807) is 13.3 Å². The Labute approximate surface area is 107 Å². The van der Waals surface area contributed by atoms with Gasteiger partial charge in [0.25, 0.3) is 0 Å². The highest BCUT2D eigenvalue weighted by Gasteiger charge is 2.21. The van der Waals surface area contributed by atoms with Crippen molar-refractivity contribution >= 4 is 12.1 Å². The van der Waals surface area contributed by atoms with Crippen LogP contribution in [0.15, 0.2) is 29.4 Å². The van der Waals surface area contributed by atoms with Gasteiger partial charge < -0.3 is 4.74 Å². The van der Waals surface area contributed by atoms with Crippen molar-refractivity contribution in [3.63, 3.8) is 0 Å². The van der Waals surface area contributed by atoms with Crippen molar-refractivity contribution in [3.05, 3.63) is 29.8 Å². The van der Waals surface area contributed by atoms with Gasteiger partial charge in [-0.25, -0.2) is 5.43 Å². The van der Waals surface area contributed by atoms with Crippen LogP contribution in [0.2, 0.25) is 0 Å². The van der Waals surface area contributed by atoms with Crippen molar-refractivity contribution in [2.24, 2.45) is 11.0 Å². The molecule has 96 valence electrons. The highest BCUT2D eigenvalue weighted by Crippen LogP contribution is 2.24. The van der Waals surface area contributed by atoms with E-state index in [0.717, 1.165) is 37.0 Å². The first-order chi connectivity index (χ1) is 8.79. The molecule has 1 aromatic rings. The summed E-state index contributed by atoms with van der Waals surface area (Å²) in [6, 6.07) is 7.51. The van der Waals surface area contributed by atoms with Crippen LogP contribution in [-0.2, 0) is 4.79 Å². The molecule has 0 atom stereocenters. The molecule has 0 bridgehead atoms. The van der Waals surface area contributed by atoms with Crippen LogP contribution in [0, 0.1) is 5.92 Å². The van der Waals surface area contributed by atoms with E-state index >= 15 is 0 Å². The minimum Gasteiger partial charge on any atom is -0.497 e. The highest BCUT2D eigenvalue weighted by atomic mass is 16.5. The van der Waals surface area contributed by atoms with Crippen molar-refractivity contribution in [2.45, 2.75) is 25.7 Å². The molecule has 1 N–H and O–H groups in total. The monoisotopic (exact) mass is 246 g/mol. The molecular formula is C14H18N2O2. The third-order valence-corrected chi connectivity index (χ3v) is 3.23. The minimum absolute atomic E-state index is 0.0391. The number of hydrazone groups is 1. The maximum Gasteiger partial charge on any atom is 0.243 e. The van der Waals surface area contributed by atoms with E-state index < -0.39 is 0 Å². The second-order valence-corrected chi connectivity index (χ2v) is 4.49. The quantitative estimate of drug-likeness (QED) is 0.655. The van der Waals surface area contributed by atoms with E-state index in [1.807, 2.05) is 24.3 Å². The van der Waals surface area contributed by atoms with Gasteiger partial charge in [0, 0.05) is 5.92 Å². The zero-order chi connectivity index (χ0) is 12.8. The van der Waals surface area contributed by atoms with Crippen molar-refractivity contribution in [1.82, 2.24) is 5.43 Å². The molecule has 18 heavy (non-hydrogen) atoms. The summed E-state index contributed by atoms with van der Waals surface area (Å²) in [7, 11) is 1.63. The molecule has 1 saturated carbocycles. The van der Waals surface area contributed by atoms with Gasteiger partial charge >= 0.3 is 0 Å². The molecule has 0 aromatic heterocycles. The number of hydrogen-bond donors (Lipinski definition) is 1. The van der Waals surface area contributed by atoms with Gasteiger partial charge in [0.15, 0.2) is 0 Å². The van der Waals surface area contributed by atoms with Gasteiger partial charge in [-0.05, 0) is 42.7 Å². The van der Waals surface area contributed by atoms with Crippen LogP contribution in [0.3, 0.4) is 0 Å². The predicted octanol–water partition coefficient (Wildman–Crippen LogP) is 2.34. The summed E-state index contributed by atoms with van der Waals surface area (Å²) in [5.74, 6) is 0.998. The van der Waals surface area contributed by atoms with E-state index in [-0.39, 0.29) is 11.8 Å². The fraction of sp³-hybridized carbons (Fsp3) is 0.429. The summed E-state index contributed by atoms with van der Waals surface area (Å²) >= 11 is 0. The van der Waals surface area contributed by atoms with Crippen LogP contribution in [0.1, 0.15) is 31.2 Å². The SMILES string of the molecule is COc1ccc(/C=N\NC(=O)C2CCCC2)cc1. The first-order valence-electron chi connectivity index (χ1n) is 6.26. The highest BCUT2D eigenvalue weighted by molar-refractivity contribution is 5.83. The first kappa shape index (κ1) is 12.6. The number of methoxy groups -OCH3 is 1. The fourth-order valence-electron chi connectivity index (χ4n) is 2.14. The predicted molar refractivity (Wildman–Crippen MR) is 70.7 cm³/mol. The van der Waals surface area contributed by atoms with Crippen LogP contribution in [0.4, 0.5) is 0 Å². The molecule has 0 saturated heterocycles. The van der Waals surface area contributed by atoms with Crippen LogP contribution in [0.25, 0.3) is 0 Å². The van der Waals surface area contributed by atoms with Gasteiger partial charge in [0.2, 0.25) is 5.91 Å². The smallest absolute Gasteiger partial charge is 0.243 e. The molecule has 4 heteroatoms. The number of amides is 1. The van der Waals surface area contributed by atoms with Gasteiger partial charge in [0.05, 0.1) is 13.3 Å². The van der Waals surface area contributed by atoms with Crippen molar-refractivity contribution < 1.29 is 9.53 Å². The first-order valence-corrected chi connectivity index (χ1v) is 6.26. The van der Waals surface area contributed by atoms with Crippen LogP contribution >= 0.6 is 0 Å². The molecule has 1 aliphatic rings. The lowest BCUT2D eigenvalue weighted by Gasteiger charge is -2.05. The number of nitrogens with zero attached hydrogens (tertiary/aromatic N) is 1. The Morgan fingerprint density at radius 1 is 1.33 bits per heavy atom. The van der Waals surface area contributed by atoms with Crippen molar-refractivity contribution in [2.75, 3.05) is 7.11 Å². The van der Waals surface area contributed by atoms with E-state index in [0.29, 0.717) is 0 Å². The Morgan fingerprint density at radius 2 is 2.00 bits per heavy atom. The van der Waals surface area contributed by atoms with Crippen LogP contribution < -0.4 is 10.2 Å². The van der Waals surface area contributed by atoms with E-state index in [2.05, 4.69) is 10.5 Å². The molecule has 0 spiro atoms. The summed E-state index contributed by atoms with van der Waals surface area (Å²) < 4.78 is 5.07. The Morgan fingerprint density at radius 3 is 2.61 bits per heavy atom. The molecule has 0 radical (unpaired) electrons. The summed E-state index contributed by atoms with van der Waals surface area (Å²) in [4.78, 5) is 11.7. The Kier molecular flexibility index (Phi) is 4.34. The largest absolute Gasteiger partial charge is 0.497 e. The normalized spacial score (nSPS) is 16.1. The maximum absolute atomic E-state index is 11.7. The standard InChI is InChI=1S/C14H18N2O2/c1-18-13-8-6-11(7-9-13)10-15-16-14(17)12-4-2-3-5-12/h6-10,12H,2-5H2,1H3,(H,16,17)/b15-10-. The third-order valence-electron chi connectivity index (χ3n) is 3.23. The minimum atomic E-state index is 0.0391.